The molecule has 0 aliphatic rings. The topological polar surface area (TPSA) is 58.9 Å². The third-order valence-corrected chi connectivity index (χ3v) is 0.575. The summed E-state index contributed by atoms with van der Waals surface area (Å²) >= 11 is 0. The normalized spacial score (nSPS) is 12.0. The molecule has 0 saturated carbocycles. The number of allylic oxidation sites excluding steroid dienone is 1. The molecule has 0 unspecified atom stereocenters. The summed E-state index contributed by atoms with van der Waals surface area (Å²) in [4.78, 5) is 14.6. The van der Waals surface area contributed by atoms with Gasteiger partial charge in [0.2, 0.25) is 0 Å². The highest BCUT2D eigenvalue weighted by molar-refractivity contribution is 5.82. The Balaban J connectivity index is 3.76. The zero-order valence-electron chi connectivity index (χ0n) is 5.87. The zero-order valence-corrected chi connectivity index (χ0v) is 5.87. The van der Waals surface area contributed by atoms with Crippen molar-refractivity contribution in [3.05, 3.63) is 11.8 Å². The van der Waals surface area contributed by atoms with Crippen LogP contribution in [-0.4, -0.2) is 17.3 Å². The molecule has 4 heteroatoms. The molecule has 0 spiro atoms. The SMILES string of the molecule is C/C=N\OC(=O)/C=C(/C)O. The van der Waals surface area contributed by atoms with Crippen molar-refractivity contribution in [2.75, 3.05) is 0 Å². The molecular weight excluding hydrogens is 134 g/mol. The number of carbonyl (C=O) groups is 1. The molecule has 1 N–H and O–H groups in total. The summed E-state index contributed by atoms with van der Waals surface area (Å²) in [5, 5.41) is 11.7. The van der Waals surface area contributed by atoms with Gasteiger partial charge in [-0.1, -0.05) is 5.16 Å². The van der Waals surface area contributed by atoms with Gasteiger partial charge in [0.1, 0.15) is 0 Å². The number of rotatable bonds is 2. The molecule has 0 bridgehead atoms. The van der Waals surface area contributed by atoms with Crippen LogP contribution in [0.5, 0.6) is 0 Å². The van der Waals surface area contributed by atoms with E-state index in [0.717, 1.165) is 6.08 Å². The summed E-state index contributed by atoms with van der Waals surface area (Å²) in [6.45, 7) is 2.99. The van der Waals surface area contributed by atoms with Gasteiger partial charge in [0, 0.05) is 6.21 Å². The van der Waals surface area contributed by atoms with Gasteiger partial charge >= 0.3 is 5.97 Å². The van der Waals surface area contributed by atoms with Crippen LogP contribution in [0, 0.1) is 0 Å². The van der Waals surface area contributed by atoms with Crippen molar-refractivity contribution in [1.29, 1.82) is 0 Å². The molecule has 0 fully saturated rings. The number of nitrogens with zero attached hydrogens (tertiary/aromatic N) is 1. The molecule has 0 radical (unpaired) electrons. The third kappa shape index (κ3) is 4.83. The molecule has 0 amide bonds. The van der Waals surface area contributed by atoms with Gasteiger partial charge in [-0.15, -0.1) is 0 Å². The minimum absolute atomic E-state index is 0.101. The number of aliphatic hydroxyl groups excluding tert-OH is 1. The molecule has 0 atom stereocenters. The Hall–Kier alpha value is -1.32. The van der Waals surface area contributed by atoms with Crippen LogP contribution in [0.25, 0.3) is 0 Å². The lowest BCUT2D eigenvalue weighted by Gasteiger charge is -1.88. The van der Waals surface area contributed by atoms with E-state index < -0.39 is 5.97 Å². The van der Waals surface area contributed by atoms with Crippen LogP contribution in [0.15, 0.2) is 17.0 Å². The third-order valence-electron chi connectivity index (χ3n) is 0.575. The van der Waals surface area contributed by atoms with Crippen molar-refractivity contribution in [1.82, 2.24) is 0 Å². The molecule has 0 aromatic carbocycles. The highest BCUT2D eigenvalue weighted by atomic mass is 16.7. The van der Waals surface area contributed by atoms with Crippen LogP contribution in [0.4, 0.5) is 0 Å². The second-order valence-electron chi connectivity index (χ2n) is 1.56. The lowest BCUT2D eigenvalue weighted by Crippen LogP contribution is -1.95. The van der Waals surface area contributed by atoms with Gasteiger partial charge < -0.3 is 9.94 Å². The molecule has 10 heavy (non-hydrogen) atoms. The second kappa shape index (κ2) is 4.55. The van der Waals surface area contributed by atoms with Gasteiger partial charge in [-0.2, -0.15) is 0 Å². The number of hydrogen-bond donors (Lipinski definition) is 1. The summed E-state index contributed by atoms with van der Waals surface area (Å²) < 4.78 is 0. The van der Waals surface area contributed by atoms with Crippen molar-refractivity contribution < 1.29 is 14.7 Å². The first-order chi connectivity index (χ1) is 4.66. The number of aliphatic hydroxyl groups is 1. The summed E-state index contributed by atoms with van der Waals surface area (Å²) in [5.74, 6) is -0.783. The van der Waals surface area contributed by atoms with Gasteiger partial charge in [-0.25, -0.2) is 4.79 Å². The van der Waals surface area contributed by atoms with Crippen molar-refractivity contribution in [2.45, 2.75) is 13.8 Å². The molecule has 0 saturated heterocycles. The fourth-order valence-corrected chi connectivity index (χ4v) is 0.302. The maximum absolute atomic E-state index is 10.4. The Kier molecular flexibility index (Phi) is 3.95. The molecule has 0 aliphatic carbocycles. The van der Waals surface area contributed by atoms with Crippen molar-refractivity contribution in [3.63, 3.8) is 0 Å². The summed E-state index contributed by atoms with van der Waals surface area (Å²) in [7, 11) is 0. The Morgan fingerprint density at radius 2 is 2.30 bits per heavy atom. The zero-order chi connectivity index (χ0) is 7.98. The first kappa shape index (κ1) is 8.68. The fraction of sp³-hybridized carbons (Fsp3) is 0.333. The van der Waals surface area contributed by atoms with Gasteiger partial charge in [-0.3, -0.25) is 0 Å². The lowest BCUT2D eigenvalue weighted by molar-refractivity contribution is -0.137. The highest BCUT2D eigenvalue weighted by Gasteiger charge is 1.95. The minimum atomic E-state index is -0.682. The Morgan fingerprint density at radius 1 is 1.70 bits per heavy atom. The Bertz CT molecular complexity index is 168. The van der Waals surface area contributed by atoms with Crippen LogP contribution in [0.2, 0.25) is 0 Å². The Morgan fingerprint density at radius 3 is 2.70 bits per heavy atom. The average Bonchev–Trinajstić information content (AvgIpc) is 1.82. The predicted octanol–water partition coefficient (Wildman–Crippen LogP) is 0.997. The molecule has 0 aromatic heterocycles. The first-order valence-electron chi connectivity index (χ1n) is 2.73. The minimum Gasteiger partial charge on any atom is -0.512 e. The van der Waals surface area contributed by atoms with Crippen LogP contribution in [0.3, 0.4) is 0 Å². The summed E-state index contributed by atoms with van der Waals surface area (Å²) in [6, 6.07) is 0. The first-order valence-corrected chi connectivity index (χ1v) is 2.73. The van der Waals surface area contributed by atoms with E-state index in [0.29, 0.717) is 0 Å². The van der Waals surface area contributed by atoms with Crippen LogP contribution < -0.4 is 0 Å². The van der Waals surface area contributed by atoms with Gasteiger partial charge in [0.05, 0.1) is 11.8 Å². The monoisotopic (exact) mass is 143 g/mol. The number of hydrogen-bond acceptors (Lipinski definition) is 4. The molecular formula is C6H9NO3. The van der Waals surface area contributed by atoms with Gasteiger partial charge in [-0.05, 0) is 13.8 Å². The molecule has 0 aromatic rings. The average molecular weight is 143 g/mol. The van der Waals surface area contributed by atoms with Crippen LogP contribution in [0.1, 0.15) is 13.8 Å². The molecule has 4 nitrogen and oxygen atoms in total. The quantitative estimate of drug-likeness (QED) is 0.206. The van der Waals surface area contributed by atoms with Gasteiger partial charge in [0.15, 0.2) is 0 Å². The van der Waals surface area contributed by atoms with E-state index in [1.54, 1.807) is 6.92 Å². The molecule has 0 heterocycles. The standard InChI is InChI=1S/C6H9NO3/c1-3-7-10-6(9)4-5(2)8/h3-4,8H,1-2H3/b5-4-,7-3-. The smallest absolute Gasteiger partial charge is 0.361 e. The lowest BCUT2D eigenvalue weighted by atomic mass is 10.5. The molecule has 0 aliphatic heterocycles. The maximum Gasteiger partial charge on any atom is 0.361 e. The maximum atomic E-state index is 10.4. The van der Waals surface area contributed by atoms with Crippen LogP contribution >= 0.6 is 0 Å². The van der Waals surface area contributed by atoms with Gasteiger partial charge in [0.25, 0.3) is 0 Å². The highest BCUT2D eigenvalue weighted by Crippen LogP contribution is 1.87. The number of carbonyl (C=O) groups excluding carboxylic acids is 1. The van der Waals surface area contributed by atoms with E-state index in [-0.39, 0.29) is 5.76 Å². The van der Waals surface area contributed by atoms with Crippen molar-refractivity contribution in [3.8, 4) is 0 Å². The van der Waals surface area contributed by atoms with E-state index in [9.17, 15) is 4.79 Å². The van der Waals surface area contributed by atoms with E-state index >= 15 is 0 Å². The van der Waals surface area contributed by atoms with E-state index in [1.165, 1.54) is 13.1 Å². The predicted molar refractivity (Wildman–Crippen MR) is 36.6 cm³/mol. The molecule has 0 rings (SSSR count). The fourth-order valence-electron chi connectivity index (χ4n) is 0.302. The largest absolute Gasteiger partial charge is 0.512 e. The summed E-state index contributed by atoms with van der Waals surface area (Å²) in [5.41, 5.74) is 0. The summed E-state index contributed by atoms with van der Waals surface area (Å²) in [6.07, 6.45) is 2.27. The molecule has 56 valence electrons. The Labute approximate surface area is 58.8 Å². The van der Waals surface area contributed by atoms with Crippen molar-refractivity contribution >= 4 is 12.2 Å². The van der Waals surface area contributed by atoms with Crippen molar-refractivity contribution in [2.24, 2.45) is 5.16 Å². The van der Waals surface area contributed by atoms with E-state index in [2.05, 4.69) is 9.99 Å². The van der Waals surface area contributed by atoms with E-state index in [4.69, 9.17) is 5.11 Å². The second-order valence-corrected chi connectivity index (χ2v) is 1.56. The van der Waals surface area contributed by atoms with Crippen LogP contribution in [-0.2, 0) is 9.63 Å². The number of oxime groups is 1. The van der Waals surface area contributed by atoms with E-state index in [1.807, 2.05) is 0 Å².